The lowest BCUT2D eigenvalue weighted by molar-refractivity contribution is 0.226. The van der Waals surface area contributed by atoms with Crippen LogP contribution in [0, 0.1) is 11.8 Å². The van der Waals surface area contributed by atoms with Crippen LogP contribution in [-0.2, 0) is 10.0 Å². The van der Waals surface area contributed by atoms with E-state index in [0.717, 1.165) is 12.8 Å². The molecule has 1 aromatic heterocycles. The highest BCUT2D eigenvalue weighted by Crippen LogP contribution is 2.27. The third-order valence-corrected chi connectivity index (χ3v) is 5.72. The quantitative estimate of drug-likeness (QED) is 0.916. The van der Waals surface area contributed by atoms with E-state index >= 15 is 0 Å². The Morgan fingerprint density at radius 3 is 2.42 bits per heavy atom. The zero-order valence-electron chi connectivity index (χ0n) is 11.4. The third-order valence-electron chi connectivity index (χ3n) is 3.84. The summed E-state index contributed by atoms with van der Waals surface area (Å²) in [6.45, 7) is 5.57. The molecule has 1 aliphatic heterocycles. The van der Waals surface area contributed by atoms with Crippen LogP contribution in [0.2, 0.25) is 0 Å². The van der Waals surface area contributed by atoms with E-state index < -0.39 is 10.0 Å². The first kappa shape index (κ1) is 14.3. The van der Waals surface area contributed by atoms with Gasteiger partial charge in [-0.05, 0) is 36.8 Å². The summed E-state index contributed by atoms with van der Waals surface area (Å²) in [5.41, 5.74) is 5.48. The van der Waals surface area contributed by atoms with Crippen molar-refractivity contribution in [3.05, 3.63) is 18.3 Å². The van der Waals surface area contributed by atoms with Crippen molar-refractivity contribution in [2.75, 3.05) is 18.8 Å². The molecule has 0 spiro atoms. The average Bonchev–Trinajstić information content (AvgIpc) is 2.39. The van der Waals surface area contributed by atoms with Gasteiger partial charge in [0.25, 0.3) is 0 Å². The van der Waals surface area contributed by atoms with Gasteiger partial charge in [-0.3, -0.25) is 0 Å². The van der Waals surface area contributed by atoms with E-state index in [9.17, 15) is 8.42 Å². The fraction of sp³-hybridized carbons (Fsp3) is 0.615. The number of nitrogens with zero attached hydrogens (tertiary/aromatic N) is 2. The molecule has 1 aliphatic rings. The van der Waals surface area contributed by atoms with E-state index in [1.807, 2.05) is 0 Å². The van der Waals surface area contributed by atoms with Crippen LogP contribution < -0.4 is 5.73 Å². The van der Waals surface area contributed by atoms with E-state index in [4.69, 9.17) is 5.73 Å². The van der Waals surface area contributed by atoms with Crippen LogP contribution in [0.5, 0.6) is 0 Å². The van der Waals surface area contributed by atoms with Crippen molar-refractivity contribution >= 4 is 15.8 Å². The average molecular weight is 283 g/mol. The van der Waals surface area contributed by atoms with Crippen molar-refractivity contribution in [1.82, 2.24) is 9.29 Å². The van der Waals surface area contributed by atoms with Crippen molar-refractivity contribution in [2.24, 2.45) is 11.8 Å². The molecular formula is C13H21N3O2S. The fourth-order valence-electron chi connectivity index (χ4n) is 2.48. The summed E-state index contributed by atoms with van der Waals surface area (Å²) >= 11 is 0. The molecule has 5 nitrogen and oxygen atoms in total. The number of piperidine rings is 1. The SMILES string of the molecule is CC(C)C1CCN(S(=O)(=O)c2ccc(N)nc2)CC1. The molecule has 0 aliphatic carbocycles. The van der Waals surface area contributed by atoms with Crippen LogP contribution in [0.25, 0.3) is 0 Å². The molecule has 1 aromatic rings. The van der Waals surface area contributed by atoms with Gasteiger partial charge < -0.3 is 5.73 Å². The van der Waals surface area contributed by atoms with E-state index in [1.165, 1.54) is 18.3 Å². The topological polar surface area (TPSA) is 76.3 Å². The van der Waals surface area contributed by atoms with Crippen LogP contribution >= 0.6 is 0 Å². The number of hydrogen-bond donors (Lipinski definition) is 1. The monoisotopic (exact) mass is 283 g/mol. The first-order valence-corrected chi connectivity index (χ1v) is 8.07. The molecule has 6 heteroatoms. The molecule has 0 unspecified atom stereocenters. The molecule has 1 saturated heterocycles. The summed E-state index contributed by atoms with van der Waals surface area (Å²) in [5, 5.41) is 0. The van der Waals surface area contributed by atoms with Crippen molar-refractivity contribution in [1.29, 1.82) is 0 Å². The molecule has 0 aromatic carbocycles. The molecule has 0 bridgehead atoms. The third kappa shape index (κ3) is 3.06. The van der Waals surface area contributed by atoms with Crippen molar-refractivity contribution in [3.8, 4) is 0 Å². The van der Waals surface area contributed by atoms with Gasteiger partial charge in [0.15, 0.2) is 0 Å². The van der Waals surface area contributed by atoms with Crippen molar-refractivity contribution in [2.45, 2.75) is 31.6 Å². The largest absolute Gasteiger partial charge is 0.384 e. The Labute approximate surface area is 114 Å². The van der Waals surface area contributed by atoms with Gasteiger partial charge in [-0.25, -0.2) is 13.4 Å². The number of aromatic nitrogens is 1. The predicted octanol–water partition coefficient (Wildman–Crippen LogP) is 1.72. The first-order chi connectivity index (χ1) is 8.91. The summed E-state index contributed by atoms with van der Waals surface area (Å²) in [6.07, 6.45) is 3.19. The highest BCUT2D eigenvalue weighted by Gasteiger charge is 2.30. The smallest absolute Gasteiger partial charge is 0.244 e. The highest BCUT2D eigenvalue weighted by atomic mass is 32.2. The van der Waals surface area contributed by atoms with Gasteiger partial charge in [0.2, 0.25) is 10.0 Å². The second-order valence-electron chi connectivity index (χ2n) is 5.40. The van der Waals surface area contributed by atoms with Gasteiger partial charge in [0.1, 0.15) is 10.7 Å². The Morgan fingerprint density at radius 1 is 1.32 bits per heavy atom. The Morgan fingerprint density at radius 2 is 1.95 bits per heavy atom. The van der Waals surface area contributed by atoms with E-state index in [-0.39, 0.29) is 4.90 Å². The second kappa shape index (κ2) is 5.46. The Kier molecular flexibility index (Phi) is 4.10. The van der Waals surface area contributed by atoms with E-state index in [0.29, 0.717) is 30.7 Å². The minimum atomic E-state index is -3.41. The van der Waals surface area contributed by atoms with Crippen molar-refractivity contribution in [3.63, 3.8) is 0 Å². The Bertz CT molecular complexity index is 517. The predicted molar refractivity (Wildman–Crippen MR) is 75.0 cm³/mol. The van der Waals surface area contributed by atoms with Gasteiger partial charge in [0, 0.05) is 19.3 Å². The molecule has 106 valence electrons. The lowest BCUT2D eigenvalue weighted by atomic mass is 9.87. The summed E-state index contributed by atoms with van der Waals surface area (Å²) in [7, 11) is -3.41. The molecular weight excluding hydrogens is 262 g/mol. The maximum atomic E-state index is 12.4. The molecule has 2 rings (SSSR count). The van der Waals surface area contributed by atoms with Crippen LogP contribution in [0.1, 0.15) is 26.7 Å². The standard InChI is InChI=1S/C13H21N3O2S/c1-10(2)11-5-7-16(8-6-11)19(17,18)12-3-4-13(14)15-9-12/h3-4,9-11H,5-8H2,1-2H3,(H2,14,15). The number of hydrogen-bond acceptors (Lipinski definition) is 4. The van der Waals surface area contributed by atoms with Crippen LogP contribution in [0.4, 0.5) is 5.82 Å². The maximum Gasteiger partial charge on any atom is 0.244 e. The summed E-state index contributed by atoms with van der Waals surface area (Å²) in [5.74, 6) is 1.57. The molecule has 2 N–H and O–H groups in total. The van der Waals surface area contributed by atoms with Crippen LogP contribution in [0.3, 0.4) is 0 Å². The lowest BCUT2D eigenvalue weighted by Gasteiger charge is -2.33. The number of sulfonamides is 1. The zero-order valence-corrected chi connectivity index (χ0v) is 12.2. The van der Waals surface area contributed by atoms with Gasteiger partial charge in [-0.15, -0.1) is 0 Å². The van der Waals surface area contributed by atoms with Gasteiger partial charge in [-0.2, -0.15) is 4.31 Å². The summed E-state index contributed by atoms with van der Waals surface area (Å²) in [6, 6.07) is 3.04. The number of rotatable bonds is 3. The lowest BCUT2D eigenvalue weighted by Crippen LogP contribution is -2.39. The number of nitrogens with two attached hydrogens (primary N) is 1. The van der Waals surface area contributed by atoms with Crippen LogP contribution in [-0.4, -0.2) is 30.8 Å². The van der Waals surface area contributed by atoms with Crippen LogP contribution in [0.15, 0.2) is 23.2 Å². The van der Waals surface area contributed by atoms with E-state index in [1.54, 1.807) is 4.31 Å². The normalized spacial score (nSPS) is 18.9. The minimum Gasteiger partial charge on any atom is -0.384 e. The zero-order chi connectivity index (χ0) is 14.0. The Hall–Kier alpha value is -1.14. The van der Waals surface area contributed by atoms with Gasteiger partial charge >= 0.3 is 0 Å². The fourth-order valence-corrected chi connectivity index (χ4v) is 3.89. The molecule has 0 atom stereocenters. The number of nitrogen functional groups attached to an aromatic ring is 1. The summed E-state index contributed by atoms with van der Waals surface area (Å²) in [4.78, 5) is 4.08. The summed E-state index contributed by atoms with van der Waals surface area (Å²) < 4.78 is 26.4. The molecule has 1 fully saturated rings. The number of anilines is 1. The van der Waals surface area contributed by atoms with Gasteiger partial charge in [-0.1, -0.05) is 13.8 Å². The molecule has 0 saturated carbocycles. The first-order valence-electron chi connectivity index (χ1n) is 6.63. The number of pyridine rings is 1. The second-order valence-corrected chi connectivity index (χ2v) is 7.34. The Balaban J connectivity index is 2.12. The van der Waals surface area contributed by atoms with E-state index in [2.05, 4.69) is 18.8 Å². The van der Waals surface area contributed by atoms with Crippen molar-refractivity contribution < 1.29 is 8.42 Å². The minimum absolute atomic E-state index is 0.227. The maximum absolute atomic E-state index is 12.4. The van der Waals surface area contributed by atoms with Gasteiger partial charge in [0.05, 0.1) is 0 Å². The highest BCUT2D eigenvalue weighted by molar-refractivity contribution is 7.89. The molecule has 0 radical (unpaired) electrons. The molecule has 19 heavy (non-hydrogen) atoms. The molecule has 0 amide bonds. The molecule has 2 heterocycles.